The second-order valence-electron chi connectivity index (χ2n) is 7.34. The van der Waals surface area contributed by atoms with E-state index in [1.807, 2.05) is 10.7 Å². The lowest BCUT2D eigenvalue weighted by atomic mass is 10.0. The molecule has 1 aliphatic rings. The molecule has 6 heteroatoms. The Labute approximate surface area is 155 Å². The van der Waals surface area contributed by atoms with Crippen molar-refractivity contribution in [1.82, 2.24) is 20.0 Å². The number of carbonyl (C=O) groups is 1. The van der Waals surface area contributed by atoms with Gasteiger partial charge in [0.2, 0.25) is 5.91 Å². The van der Waals surface area contributed by atoms with E-state index < -0.39 is 0 Å². The lowest BCUT2D eigenvalue weighted by Crippen LogP contribution is -2.52. The molecule has 0 bridgehead atoms. The van der Waals surface area contributed by atoms with E-state index in [1.165, 1.54) is 11.1 Å². The molecule has 0 saturated carbocycles. The Balaban J connectivity index is 1.60. The molecule has 1 saturated heterocycles. The lowest BCUT2D eigenvalue weighted by molar-refractivity contribution is -0.118. The van der Waals surface area contributed by atoms with Gasteiger partial charge in [0.25, 0.3) is 0 Å². The van der Waals surface area contributed by atoms with Crippen molar-refractivity contribution in [3.8, 4) is 0 Å². The number of nitrogens with zero attached hydrogens (tertiary/aromatic N) is 3. The Bertz CT molecular complexity index is 722. The number of nitrogens with one attached hydrogen (secondary N) is 2. The molecule has 0 unspecified atom stereocenters. The van der Waals surface area contributed by atoms with E-state index in [0.717, 1.165) is 25.5 Å². The van der Waals surface area contributed by atoms with Crippen LogP contribution in [0.5, 0.6) is 0 Å². The van der Waals surface area contributed by atoms with Gasteiger partial charge in [-0.3, -0.25) is 9.69 Å². The minimum Gasteiger partial charge on any atom is -0.314 e. The van der Waals surface area contributed by atoms with Gasteiger partial charge in [-0.05, 0) is 24.0 Å². The third kappa shape index (κ3) is 4.71. The topological polar surface area (TPSA) is 62.2 Å². The van der Waals surface area contributed by atoms with Crippen LogP contribution in [-0.2, 0) is 11.3 Å². The van der Waals surface area contributed by atoms with Crippen LogP contribution in [0.25, 0.3) is 0 Å². The van der Waals surface area contributed by atoms with Crippen molar-refractivity contribution in [2.75, 3.05) is 31.5 Å². The Morgan fingerprint density at radius 3 is 2.77 bits per heavy atom. The fraction of sp³-hybridized carbons (Fsp3) is 0.500. The van der Waals surface area contributed by atoms with Gasteiger partial charge in [0, 0.05) is 31.7 Å². The number of anilines is 1. The molecule has 0 radical (unpaired) electrons. The van der Waals surface area contributed by atoms with Crippen LogP contribution in [0.3, 0.4) is 0 Å². The summed E-state index contributed by atoms with van der Waals surface area (Å²) >= 11 is 0. The van der Waals surface area contributed by atoms with Crippen LogP contribution >= 0.6 is 0 Å². The Morgan fingerprint density at radius 2 is 2.08 bits per heavy atom. The highest BCUT2D eigenvalue weighted by atomic mass is 16.2. The number of amides is 1. The van der Waals surface area contributed by atoms with Gasteiger partial charge in [-0.15, -0.1) is 0 Å². The summed E-state index contributed by atoms with van der Waals surface area (Å²) in [6.45, 7) is 10.3. The van der Waals surface area contributed by atoms with E-state index in [2.05, 4.69) is 65.7 Å². The molecule has 26 heavy (non-hydrogen) atoms. The van der Waals surface area contributed by atoms with Crippen molar-refractivity contribution < 1.29 is 4.79 Å². The lowest BCUT2D eigenvalue weighted by Gasteiger charge is -2.33. The largest absolute Gasteiger partial charge is 0.314 e. The SMILES string of the molecule is CC(C)c1ccc(Cn2nccc2NC(=O)CN2CCNC[C@@H]2C)cc1. The summed E-state index contributed by atoms with van der Waals surface area (Å²) in [5, 5.41) is 10.7. The van der Waals surface area contributed by atoms with E-state index in [1.54, 1.807) is 6.20 Å². The number of carbonyl (C=O) groups excluding carboxylic acids is 1. The highest BCUT2D eigenvalue weighted by Gasteiger charge is 2.20. The number of hydrogen-bond donors (Lipinski definition) is 2. The molecule has 1 aromatic carbocycles. The molecule has 2 aromatic rings. The van der Waals surface area contributed by atoms with Crippen LogP contribution in [0.4, 0.5) is 5.82 Å². The summed E-state index contributed by atoms with van der Waals surface area (Å²) < 4.78 is 1.84. The van der Waals surface area contributed by atoms with Crippen molar-refractivity contribution in [2.45, 2.75) is 39.3 Å². The van der Waals surface area contributed by atoms with Crippen LogP contribution in [0.2, 0.25) is 0 Å². The molecule has 3 rings (SSSR count). The smallest absolute Gasteiger partial charge is 0.239 e. The minimum atomic E-state index is 0.00987. The van der Waals surface area contributed by atoms with Gasteiger partial charge in [-0.25, -0.2) is 4.68 Å². The second kappa shape index (κ2) is 8.47. The first-order chi connectivity index (χ1) is 12.5. The Hall–Kier alpha value is -2.18. The highest BCUT2D eigenvalue weighted by Crippen LogP contribution is 2.16. The molecule has 1 atom stereocenters. The molecule has 1 aliphatic heterocycles. The predicted molar refractivity (Wildman–Crippen MR) is 104 cm³/mol. The number of benzene rings is 1. The van der Waals surface area contributed by atoms with Crippen molar-refractivity contribution in [3.05, 3.63) is 47.7 Å². The van der Waals surface area contributed by atoms with Crippen LogP contribution < -0.4 is 10.6 Å². The summed E-state index contributed by atoms with van der Waals surface area (Å²) in [6.07, 6.45) is 1.73. The standard InChI is InChI=1S/C20H29N5O/c1-15(2)18-6-4-17(5-7-18)13-25-19(8-9-22-25)23-20(26)14-24-11-10-21-12-16(24)3/h4-9,15-16,21H,10-14H2,1-3H3,(H,23,26)/t16-/m0/s1. The fourth-order valence-electron chi connectivity index (χ4n) is 3.23. The zero-order valence-corrected chi connectivity index (χ0v) is 15.9. The fourth-order valence-corrected chi connectivity index (χ4v) is 3.23. The molecule has 1 aromatic heterocycles. The molecule has 2 N–H and O–H groups in total. The van der Waals surface area contributed by atoms with Gasteiger partial charge in [-0.2, -0.15) is 5.10 Å². The number of aromatic nitrogens is 2. The molecule has 1 fully saturated rings. The van der Waals surface area contributed by atoms with Crippen LogP contribution in [0.1, 0.15) is 37.8 Å². The van der Waals surface area contributed by atoms with Gasteiger partial charge >= 0.3 is 0 Å². The Kier molecular flexibility index (Phi) is 6.06. The molecule has 140 valence electrons. The van der Waals surface area contributed by atoms with Crippen molar-refractivity contribution >= 4 is 11.7 Å². The highest BCUT2D eigenvalue weighted by molar-refractivity contribution is 5.91. The molecule has 0 spiro atoms. The number of piperazine rings is 1. The van der Waals surface area contributed by atoms with E-state index in [4.69, 9.17) is 0 Å². The van der Waals surface area contributed by atoms with Crippen molar-refractivity contribution in [1.29, 1.82) is 0 Å². The second-order valence-corrected chi connectivity index (χ2v) is 7.34. The predicted octanol–water partition coefficient (Wildman–Crippen LogP) is 2.29. The van der Waals surface area contributed by atoms with Crippen LogP contribution in [-0.4, -0.2) is 52.8 Å². The first kappa shape index (κ1) is 18.6. The maximum atomic E-state index is 12.4. The average molecular weight is 355 g/mol. The molecular weight excluding hydrogens is 326 g/mol. The zero-order chi connectivity index (χ0) is 18.5. The monoisotopic (exact) mass is 355 g/mol. The molecule has 0 aliphatic carbocycles. The summed E-state index contributed by atoms with van der Waals surface area (Å²) in [7, 11) is 0. The maximum absolute atomic E-state index is 12.4. The zero-order valence-electron chi connectivity index (χ0n) is 15.9. The van der Waals surface area contributed by atoms with E-state index in [0.29, 0.717) is 25.0 Å². The maximum Gasteiger partial charge on any atom is 0.239 e. The van der Waals surface area contributed by atoms with Gasteiger partial charge < -0.3 is 10.6 Å². The third-order valence-electron chi connectivity index (χ3n) is 4.95. The normalized spacial score (nSPS) is 18.2. The molecule has 2 heterocycles. The van der Waals surface area contributed by atoms with Gasteiger partial charge in [-0.1, -0.05) is 38.1 Å². The van der Waals surface area contributed by atoms with Crippen molar-refractivity contribution in [3.63, 3.8) is 0 Å². The average Bonchev–Trinajstić information content (AvgIpc) is 3.04. The van der Waals surface area contributed by atoms with Gasteiger partial charge in [0.05, 0.1) is 19.3 Å². The van der Waals surface area contributed by atoms with E-state index in [9.17, 15) is 4.79 Å². The number of rotatable bonds is 6. The van der Waals surface area contributed by atoms with E-state index in [-0.39, 0.29) is 5.91 Å². The summed E-state index contributed by atoms with van der Waals surface area (Å²) in [5.41, 5.74) is 2.50. The molecular formula is C20H29N5O. The molecule has 1 amide bonds. The number of hydrogen-bond acceptors (Lipinski definition) is 4. The van der Waals surface area contributed by atoms with Crippen molar-refractivity contribution in [2.24, 2.45) is 0 Å². The molecule has 6 nitrogen and oxygen atoms in total. The minimum absolute atomic E-state index is 0.00987. The van der Waals surface area contributed by atoms with Crippen LogP contribution in [0.15, 0.2) is 36.5 Å². The van der Waals surface area contributed by atoms with Crippen LogP contribution in [0, 0.1) is 0 Å². The van der Waals surface area contributed by atoms with Gasteiger partial charge in [0.15, 0.2) is 0 Å². The quantitative estimate of drug-likeness (QED) is 0.835. The Morgan fingerprint density at radius 1 is 1.31 bits per heavy atom. The van der Waals surface area contributed by atoms with E-state index >= 15 is 0 Å². The summed E-state index contributed by atoms with van der Waals surface area (Å²) in [5.74, 6) is 1.28. The summed E-state index contributed by atoms with van der Waals surface area (Å²) in [6, 6.07) is 10.8. The first-order valence-electron chi connectivity index (χ1n) is 9.38. The summed E-state index contributed by atoms with van der Waals surface area (Å²) in [4.78, 5) is 14.6. The third-order valence-corrected chi connectivity index (χ3v) is 4.95. The first-order valence-corrected chi connectivity index (χ1v) is 9.38. The van der Waals surface area contributed by atoms with Gasteiger partial charge in [0.1, 0.15) is 5.82 Å².